The Bertz CT molecular complexity index is 1930. The van der Waals surface area contributed by atoms with E-state index < -0.39 is 0 Å². The molecule has 0 radical (unpaired) electrons. The van der Waals surface area contributed by atoms with Crippen LogP contribution >= 0.6 is 0 Å². The van der Waals surface area contributed by atoms with Crippen molar-refractivity contribution >= 4 is 52.0 Å². The lowest BCUT2D eigenvalue weighted by molar-refractivity contribution is 0.0383. The first kappa shape index (κ1) is 31.5. The molecule has 10 nitrogen and oxygen atoms in total. The Hall–Kier alpha value is -5.45. The molecule has 0 bridgehead atoms. The fraction of sp³-hybridized carbons (Fsp3) is 0.216. The van der Waals surface area contributed by atoms with Gasteiger partial charge in [-0.3, -0.25) is 19.3 Å². The molecule has 0 aliphatic carbocycles. The maximum Gasteiger partial charge on any atom is 0.272 e. The number of hydrogen-bond donors (Lipinski definition) is 3. The molecule has 0 unspecified atom stereocenters. The average molecular weight is 631 g/mol. The zero-order valence-electron chi connectivity index (χ0n) is 26.5. The van der Waals surface area contributed by atoms with Crippen LogP contribution in [-0.2, 0) is 18.8 Å². The predicted molar refractivity (Wildman–Crippen MR) is 186 cm³/mol. The lowest BCUT2D eigenvalue weighted by atomic mass is 10.1. The highest BCUT2D eigenvalue weighted by Gasteiger charge is 2.18. The third-order valence-corrected chi connectivity index (χ3v) is 8.22. The molecule has 6 rings (SSSR count). The molecule has 0 atom stereocenters. The predicted octanol–water partition coefficient (Wildman–Crippen LogP) is 5.25. The van der Waals surface area contributed by atoms with Gasteiger partial charge in [0, 0.05) is 58.2 Å². The zero-order chi connectivity index (χ0) is 32.8. The van der Waals surface area contributed by atoms with E-state index in [4.69, 9.17) is 4.74 Å². The first-order valence-electron chi connectivity index (χ1n) is 15.6. The van der Waals surface area contributed by atoms with E-state index in [1.54, 1.807) is 59.9 Å². The topological polar surface area (TPSA) is 110 Å². The molecule has 3 heterocycles. The van der Waals surface area contributed by atoms with Crippen LogP contribution in [-0.4, -0.2) is 71.1 Å². The molecule has 2 aromatic heterocycles. The molecular formula is C37H38N6O4. The van der Waals surface area contributed by atoms with E-state index in [0.29, 0.717) is 48.1 Å². The van der Waals surface area contributed by atoms with Crippen molar-refractivity contribution in [1.82, 2.24) is 19.4 Å². The van der Waals surface area contributed by atoms with Crippen molar-refractivity contribution < 1.29 is 19.1 Å². The van der Waals surface area contributed by atoms with Crippen molar-refractivity contribution in [2.75, 3.05) is 50.0 Å². The van der Waals surface area contributed by atoms with Crippen molar-refractivity contribution in [1.29, 1.82) is 0 Å². The van der Waals surface area contributed by atoms with Gasteiger partial charge >= 0.3 is 0 Å². The van der Waals surface area contributed by atoms with Gasteiger partial charge in [-0.25, -0.2) is 0 Å². The summed E-state index contributed by atoms with van der Waals surface area (Å²) in [6.07, 6.45) is 7.45. The van der Waals surface area contributed by atoms with Gasteiger partial charge in [-0.05, 0) is 52.2 Å². The van der Waals surface area contributed by atoms with Crippen LogP contribution in [0.2, 0.25) is 0 Å². The lowest BCUT2D eigenvalue weighted by Crippen LogP contribution is -2.41. The molecule has 3 N–H and O–H groups in total. The fourth-order valence-corrected chi connectivity index (χ4v) is 5.61. The number of fused-ring (bicyclic) bond motifs is 1. The zero-order valence-corrected chi connectivity index (χ0v) is 26.5. The van der Waals surface area contributed by atoms with Crippen molar-refractivity contribution in [2.45, 2.75) is 0 Å². The Morgan fingerprint density at radius 2 is 1.30 bits per heavy atom. The lowest BCUT2D eigenvalue weighted by Gasteiger charge is -2.26. The van der Waals surface area contributed by atoms with E-state index >= 15 is 0 Å². The van der Waals surface area contributed by atoms with Crippen LogP contribution in [0, 0.1) is 0 Å². The second-order valence-corrected chi connectivity index (χ2v) is 11.6. The molecule has 5 aromatic rings. The quantitative estimate of drug-likeness (QED) is 0.183. The second kappa shape index (κ2) is 14.3. The average Bonchev–Trinajstić information content (AvgIpc) is 3.64. The van der Waals surface area contributed by atoms with E-state index in [-0.39, 0.29) is 17.7 Å². The molecule has 1 fully saturated rings. The first-order valence-corrected chi connectivity index (χ1v) is 15.6. The van der Waals surface area contributed by atoms with Crippen LogP contribution < -0.4 is 16.0 Å². The maximum absolute atomic E-state index is 13.1. The van der Waals surface area contributed by atoms with Crippen molar-refractivity contribution in [3.05, 3.63) is 119 Å². The first-order chi connectivity index (χ1) is 22.8. The number of morpholine rings is 1. The number of anilines is 2. The Kier molecular flexibility index (Phi) is 9.61. The minimum atomic E-state index is -0.361. The molecule has 3 amide bonds. The van der Waals surface area contributed by atoms with Gasteiger partial charge in [-0.15, -0.1) is 0 Å². The Morgan fingerprint density at radius 3 is 2.00 bits per heavy atom. The van der Waals surface area contributed by atoms with Crippen LogP contribution in [0.5, 0.6) is 0 Å². The summed E-state index contributed by atoms with van der Waals surface area (Å²) in [5.74, 6) is -0.848. The second-order valence-electron chi connectivity index (χ2n) is 11.6. The van der Waals surface area contributed by atoms with E-state index in [1.165, 1.54) is 10.8 Å². The van der Waals surface area contributed by atoms with E-state index in [9.17, 15) is 14.4 Å². The summed E-state index contributed by atoms with van der Waals surface area (Å²) in [5, 5.41) is 11.1. The summed E-state index contributed by atoms with van der Waals surface area (Å²) < 4.78 is 8.69. The molecule has 1 aliphatic rings. The molecule has 1 saturated heterocycles. The summed E-state index contributed by atoms with van der Waals surface area (Å²) >= 11 is 0. The van der Waals surface area contributed by atoms with Gasteiger partial charge in [0.1, 0.15) is 11.4 Å². The largest absolute Gasteiger partial charge is 0.379 e. The summed E-state index contributed by atoms with van der Waals surface area (Å²) in [7, 11) is 3.50. The number of amides is 3. The highest BCUT2D eigenvalue weighted by Crippen LogP contribution is 2.20. The number of hydrogen-bond acceptors (Lipinski definition) is 5. The summed E-state index contributed by atoms with van der Waals surface area (Å²) in [6.45, 7) is 4.43. The standard InChI is InChI=1S/C37H38N6O4/c1-41-25-32(22-33(41)36(45)38-15-16-43-17-19-47-20-18-43)40-37(46)34-23-31(24-42(34)2)39-35(44)29-13-9-26(10-14-29)7-8-27-11-12-28-5-3-4-6-30(28)21-27/h3-14,21-25H,15-20H2,1-2H3,(H,38,45)(H,39,44)(H,40,46)/b8-7+. The normalized spacial score (nSPS) is 13.6. The van der Waals surface area contributed by atoms with Gasteiger partial charge in [0.25, 0.3) is 17.7 Å². The number of aromatic nitrogens is 2. The fourth-order valence-electron chi connectivity index (χ4n) is 5.61. The SMILES string of the molecule is Cn1cc(NC(=O)c2cc(NC(=O)c3ccc(/C=C/c4ccc5ccccc5c4)cc3)cn2C)cc1C(=O)NCCN1CCOCC1. The number of aryl methyl sites for hydroxylation is 2. The van der Waals surface area contributed by atoms with Crippen molar-refractivity contribution in [3.8, 4) is 0 Å². The molecular weight excluding hydrogens is 592 g/mol. The van der Waals surface area contributed by atoms with Gasteiger partial charge < -0.3 is 29.8 Å². The molecule has 10 heteroatoms. The van der Waals surface area contributed by atoms with Crippen molar-refractivity contribution in [2.24, 2.45) is 14.1 Å². The summed E-state index contributed by atoms with van der Waals surface area (Å²) in [4.78, 5) is 41.1. The van der Waals surface area contributed by atoms with E-state index in [2.05, 4.69) is 57.3 Å². The number of rotatable bonds is 10. The molecule has 3 aromatic carbocycles. The van der Waals surface area contributed by atoms with Gasteiger partial charge in [0.15, 0.2) is 0 Å². The van der Waals surface area contributed by atoms with Crippen LogP contribution in [0.1, 0.15) is 42.5 Å². The third kappa shape index (κ3) is 7.86. The number of carbonyl (C=O) groups excluding carboxylic acids is 3. The van der Waals surface area contributed by atoms with Crippen LogP contribution in [0.15, 0.2) is 91.3 Å². The number of nitrogens with one attached hydrogen (secondary N) is 3. The van der Waals surface area contributed by atoms with Crippen LogP contribution in [0.4, 0.5) is 11.4 Å². The molecule has 0 saturated carbocycles. The van der Waals surface area contributed by atoms with E-state index in [1.807, 2.05) is 30.3 Å². The molecule has 47 heavy (non-hydrogen) atoms. The minimum Gasteiger partial charge on any atom is -0.379 e. The summed E-state index contributed by atoms with van der Waals surface area (Å²) in [5.41, 5.74) is 4.37. The maximum atomic E-state index is 13.1. The van der Waals surface area contributed by atoms with Crippen LogP contribution in [0.3, 0.4) is 0 Å². The number of carbonyl (C=O) groups is 3. The van der Waals surface area contributed by atoms with Gasteiger partial charge in [-0.2, -0.15) is 0 Å². The van der Waals surface area contributed by atoms with Gasteiger partial charge in [-0.1, -0.05) is 60.7 Å². The minimum absolute atomic E-state index is 0.209. The molecule has 1 aliphatic heterocycles. The third-order valence-electron chi connectivity index (χ3n) is 8.22. The highest BCUT2D eigenvalue weighted by molar-refractivity contribution is 6.07. The van der Waals surface area contributed by atoms with Gasteiger partial charge in [0.2, 0.25) is 0 Å². The van der Waals surface area contributed by atoms with Crippen molar-refractivity contribution in [3.63, 3.8) is 0 Å². The Morgan fingerprint density at radius 1 is 0.702 bits per heavy atom. The smallest absolute Gasteiger partial charge is 0.272 e. The number of ether oxygens (including phenoxy) is 1. The number of benzene rings is 3. The van der Waals surface area contributed by atoms with Crippen LogP contribution in [0.25, 0.3) is 22.9 Å². The Labute approximate surface area is 273 Å². The summed E-state index contributed by atoms with van der Waals surface area (Å²) in [6, 6.07) is 25.2. The molecule has 0 spiro atoms. The van der Waals surface area contributed by atoms with E-state index in [0.717, 1.165) is 30.8 Å². The molecule has 240 valence electrons. The monoisotopic (exact) mass is 630 g/mol. The van der Waals surface area contributed by atoms with Gasteiger partial charge in [0.05, 0.1) is 24.6 Å². The Balaban J connectivity index is 1.02. The highest BCUT2D eigenvalue weighted by atomic mass is 16.5. The number of nitrogens with zero attached hydrogens (tertiary/aromatic N) is 3.